The average Bonchev–Trinajstić information content (AvgIpc) is 2.81. The highest BCUT2D eigenvalue weighted by molar-refractivity contribution is 7.92. The molecule has 0 aliphatic carbocycles. The van der Waals surface area contributed by atoms with E-state index in [9.17, 15) is 31.2 Å². The third-order valence-electron chi connectivity index (χ3n) is 5.79. The summed E-state index contributed by atoms with van der Waals surface area (Å²) in [6.07, 6.45) is -2.80. The molecule has 36 heavy (non-hydrogen) atoms. The summed E-state index contributed by atoms with van der Waals surface area (Å²) in [5, 5.41) is 2.81. The minimum Gasteiger partial charge on any atom is -0.352 e. The summed E-state index contributed by atoms with van der Waals surface area (Å²) in [5.74, 6) is -1.11. The topological polar surface area (TPSA) is 86.8 Å². The average molecular weight is 528 g/mol. The van der Waals surface area contributed by atoms with Crippen LogP contribution in [-0.2, 0) is 32.2 Å². The monoisotopic (exact) mass is 527 g/mol. The van der Waals surface area contributed by atoms with Gasteiger partial charge in [0.2, 0.25) is 21.8 Å². The maximum absolute atomic E-state index is 13.4. The molecule has 0 aromatic heterocycles. The number of amides is 2. The van der Waals surface area contributed by atoms with Gasteiger partial charge in [-0.15, -0.1) is 0 Å². The van der Waals surface area contributed by atoms with Crippen molar-refractivity contribution in [1.82, 2.24) is 10.2 Å². The molecule has 11 heteroatoms. The van der Waals surface area contributed by atoms with Gasteiger partial charge in [0.25, 0.3) is 0 Å². The number of rotatable bonds is 11. The van der Waals surface area contributed by atoms with Crippen molar-refractivity contribution >= 4 is 27.5 Å². The molecule has 0 aliphatic heterocycles. The van der Waals surface area contributed by atoms with Crippen LogP contribution < -0.4 is 9.62 Å². The number of alkyl halides is 3. The van der Waals surface area contributed by atoms with Gasteiger partial charge >= 0.3 is 6.18 Å². The van der Waals surface area contributed by atoms with Gasteiger partial charge in [-0.2, -0.15) is 13.2 Å². The lowest BCUT2D eigenvalue weighted by Crippen LogP contribution is -2.53. The SMILES string of the molecule is CCC(C)NC(=O)C(C)N(CCc1ccccc1)C(=O)CN(c1cccc(C(F)(F)F)c1)S(C)(=O)=O. The number of sulfonamides is 1. The van der Waals surface area contributed by atoms with E-state index in [4.69, 9.17) is 0 Å². The fourth-order valence-corrected chi connectivity index (χ4v) is 4.33. The van der Waals surface area contributed by atoms with Crippen LogP contribution in [0.1, 0.15) is 38.3 Å². The zero-order valence-corrected chi connectivity index (χ0v) is 21.6. The Morgan fingerprint density at radius 1 is 1.03 bits per heavy atom. The van der Waals surface area contributed by atoms with Crippen LogP contribution in [0.2, 0.25) is 0 Å². The van der Waals surface area contributed by atoms with Gasteiger partial charge in [-0.25, -0.2) is 8.42 Å². The van der Waals surface area contributed by atoms with Gasteiger partial charge in [0.1, 0.15) is 12.6 Å². The first-order valence-corrected chi connectivity index (χ1v) is 13.4. The molecule has 2 rings (SSSR count). The molecule has 2 unspecified atom stereocenters. The molecule has 198 valence electrons. The van der Waals surface area contributed by atoms with Crippen molar-refractivity contribution in [2.45, 2.75) is 51.9 Å². The molecule has 2 aromatic carbocycles. The van der Waals surface area contributed by atoms with E-state index in [-0.39, 0.29) is 18.3 Å². The third-order valence-corrected chi connectivity index (χ3v) is 6.93. The summed E-state index contributed by atoms with van der Waals surface area (Å²) >= 11 is 0. The van der Waals surface area contributed by atoms with Crippen molar-refractivity contribution in [1.29, 1.82) is 0 Å². The summed E-state index contributed by atoms with van der Waals surface area (Å²) < 4.78 is 65.3. The zero-order chi connectivity index (χ0) is 27.1. The number of nitrogens with one attached hydrogen (secondary N) is 1. The van der Waals surface area contributed by atoms with Gasteiger partial charge in [0, 0.05) is 12.6 Å². The largest absolute Gasteiger partial charge is 0.416 e. The van der Waals surface area contributed by atoms with Crippen molar-refractivity contribution in [2.24, 2.45) is 0 Å². The fourth-order valence-electron chi connectivity index (χ4n) is 3.49. The van der Waals surface area contributed by atoms with E-state index >= 15 is 0 Å². The molecule has 2 amide bonds. The molecule has 2 aromatic rings. The predicted octanol–water partition coefficient (Wildman–Crippen LogP) is 3.85. The Morgan fingerprint density at radius 2 is 1.67 bits per heavy atom. The number of carbonyl (C=O) groups excluding carboxylic acids is 2. The van der Waals surface area contributed by atoms with E-state index in [0.717, 1.165) is 24.0 Å². The third kappa shape index (κ3) is 8.25. The van der Waals surface area contributed by atoms with Crippen molar-refractivity contribution in [3.8, 4) is 0 Å². The van der Waals surface area contributed by atoms with Crippen LogP contribution in [-0.4, -0.2) is 56.6 Å². The zero-order valence-electron chi connectivity index (χ0n) is 20.7. The van der Waals surface area contributed by atoms with Gasteiger partial charge in [-0.05, 0) is 50.5 Å². The first-order chi connectivity index (χ1) is 16.7. The number of carbonyl (C=O) groups is 2. The second kappa shape index (κ2) is 12.2. The molecule has 0 heterocycles. The molecule has 0 saturated heterocycles. The lowest BCUT2D eigenvalue weighted by atomic mass is 10.1. The number of nitrogens with zero attached hydrogens (tertiary/aromatic N) is 2. The molecule has 0 bridgehead atoms. The fraction of sp³-hybridized carbons (Fsp3) is 0.440. The quantitative estimate of drug-likeness (QED) is 0.481. The standard InChI is InChI=1S/C25H32F3N3O4S/c1-5-18(2)29-24(33)19(3)30(15-14-20-10-7-6-8-11-20)23(32)17-31(36(4,34)35)22-13-9-12-21(16-22)25(26,27)28/h6-13,16,18-19H,5,14-15,17H2,1-4H3,(H,29,33). The summed E-state index contributed by atoms with van der Waals surface area (Å²) in [6, 6.07) is 11.9. The van der Waals surface area contributed by atoms with Crippen LogP contribution in [0.25, 0.3) is 0 Å². The molecule has 0 spiro atoms. The van der Waals surface area contributed by atoms with E-state index < -0.39 is 46.2 Å². The molecule has 0 fully saturated rings. The maximum Gasteiger partial charge on any atom is 0.416 e. The van der Waals surface area contributed by atoms with Crippen LogP contribution >= 0.6 is 0 Å². The minimum absolute atomic E-state index is 0.109. The van der Waals surface area contributed by atoms with Crippen LogP contribution in [0.15, 0.2) is 54.6 Å². The van der Waals surface area contributed by atoms with E-state index in [1.54, 1.807) is 0 Å². The Hall–Kier alpha value is -3.08. The lowest BCUT2D eigenvalue weighted by molar-refractivity contribution is -0.139. The van der Waals surface area contributed by atoms with Gasteiger partial charge in [0.05, 0.1) is 17.5 Å². The highest BCUT2D eigenvalue weighted by atomic mass is 32.2. The summed E-state index contributed by atoms with van der Waals surface area (Å²) in [6.45, 7) is 4.61. The van der Waals surface area contributed by atoms with E-state index in [1.165, 1.54) is 17.9 Å². The summed E-state index contributed by atoms with van der Waals surface area (Å²) in [5.41, 5.74) is -0.425. The Kier molecular flexibility index (Phi) is 9.92. The Labute approximate surface area is 210 Å². The van der Waals surface area contributed by atoms with Crippen LogP contribution in [0.5, 0.6) is 0 Å². The molecule has 7 nitrogen and oxygen atoms in total. The van der Waals surface area contributed by atoms with Crippen molar-refractivity contribution in [2.75, 3.05) is 23.7 Å². The molecule has 0 radical (unpaired) electrons. The van der Waals surface area contributed by atoms with Gasteiger partial charge in [-0.3, -0.25) is 13.9 Å². The van der Waals surface area contributed by atoms with Crippen LogP contribution in [0.4, 0.5) is 18.9 Å². The van der Waals surface area contributed by atoms with Crippen LogP contribution in [0.3, 0.4) is 0 Å². The molecular formula is C25H32F3N3O4S. The number of anilines is 1. The number of hydrogen-bond donors (Lipinski definition) is 1. The molecular weight excluding hydrogens is 495 g/mol. The summed E-state index contributed by atoms with van der Waals surface area (Å²) in [7, 11) is -4.13. The van der Waals surface area contributed by atoms with E-state index in [1.807, 2.05) is 44.2 Å². The normalized spacial score (nSPS) is 13.5. The number of hydrogen-bond acceptors (Lipinski definition) is 4. The molecule has 0 saturated carbocycles. The first kappa shape index (κ1) is 29.2. The van der Waals surface area contributed by atoms with Crippen molar-refractivity contribution < 1.29 is 31.2 Å². The molecule has 2 atom stereocenters. The highest BCUT2D eigenvalue weighted by Crippen LogP contribution is 2.32. The van der Waals surface area contributed by atoms with Gasteiger partial charge in [-0.1, -0.05) is 43.3 Å². The Bertz CT molecular complexity index is 1140. The van der Waals surface area contributed by atoms with E-state index in [2.05, 4.69) is 5.32 Å². The lowest BCUT2D eigenvalue weighted by Gasteiger charge is -2.32. The second-order valence-electron chi connectivity index (χ2n) is 8.63. The molecule has 1 N–H and O–H groups in total. The second-order valence-corrected chi connectivity index (χ2v) is 10.5. The van der Waals surface area contributed by atoms with Crippen molar-refractivity contribution in [3.63, 3.8) is 0 Å². The Balaban J connectivity index is 2.37. The first-order valence-electron chi connectivity index (χ1n) is 11.5. The molecule has 0 aliphatic rings. The van der Waals surface area contributed by atoms with E-state index in [0.29, 0.717) is 23.2 Å². The highest BCUT2D eigenvalue weighted by Gasteiger charge is 2.33. The van der Waals surface area contributed by atoms with Gasteiger partial charge in [0.15, 0.2) is 0 Å². The minimum atomic E-state index is -4.69. The summed E-state index contributed by atoms with van der Waals surface area (Å²) in [4.78, 5) is 27.5. The maximum atomic E-state index is 13.4. The van der Waals surface area contributed by atoms with Gasteiger partial charge < -0.3 is 10.2 Å². The van der Waals surface area contributed by atoms with Crippen LogP contribution in [0, 0.1) is 0 Å². The van der Waals surface area contributed by atoms with Crippen molar-refractivity contribution in [3.05, 3.63) is 65.7 Å². The Morgan fingerprint density at radius 3 is 2.22 bits per heavy atom. The predicted molar refractivity (Wildman–Crippen MR) is 133 cm³/mol. The number of benzene rings is 2. The number of halogens is 3. The smallest absolute Gasteiger partial charge is 0.352 e.